The summed E-state index contributed by atoms with van der Waals surface area (Å²) in [6, 6.07) is -1.56. The number of ether oxygens (including phenoxy) is 1. The molecule has 0 aliphatic heterocycles. The molecule has 0 spiro atoms. The summed E-state index contributed by atoms with van der Waals surface area (Å²) < 4.78 is 26.9. The van der Waals surface area contributed by atoms with Gasteiger partial charge in [-0.25, -0.2) is 9.36 Å². The summed E-state index contributed by atoms with van der Waals surface area (Å²) in [4.78, 5) is 46.1. The number of amides is 1. The van der Waals surface area contributed by atoms with Gasteiger partial charge in [0.1, 0.15) is 12.7 Å². The molecule has 0 heterocycles. The van der Waals surface area contributed by atoms with Gasteiger partial charge in [-0.05, 0) is 83.5 Å². The molecule has 3 unspecified atom stereocenters. The van der Waals surface area contributed by atoms with E-state index in [1.165, 1.54) is 109 Å². The van der Waals surface area contributed by atoms with Gasteiger partial charge in [-0.15, -0.1) is 0 Å². The van der Waals surface area contributed by atoms with Crippen molar-refractivity contribution >= 4 is 25.7 Å². The summed E-state index contributed by atoms with van der Waals surface area (Å²) in [7, 11) is -4.78. The number of aliphatic carboxylic acids is 1. The maximum absolute atomic E-state index is 12.4. The van der Waals surface area contributed by atoms with E-state index in [-0.39, 0.29) is 12.8 Å². The van der Waals surface area contributed by atoms with E-state index in [0.717, 1.165) is 51.4 Å². The number of rotatable bonds is 46. The Morgan fingerprint density at radius 2 is 0.875 bits per heavy atom. The molecular weight excluding hydrogens is 830 g/mol. The van der Waals surface area contributed by atoms with Crippen molar-refractivity contribution in [2.45, 2.75) is 219 Å². The van der Waals surface area contributed by atoms with Crippen molar-refractivity contribution in [3.05, 3.63) is 72.9 Å². The van der Waals surface area contributed by atoms with E-state index in [1.807, 2.05) is 12.2 Å². The fraction of sp³-hybridized carbons (Fsp3) is 0.712. The molecule has 0 aliphatic carbocycles. The van der Waals surface area contributed by atoms with Crippen LogP contribution >= 0.6 is 7.82 Å². The average molecular weight is 920 g/mol. The van der Waals surface area contributed by atoms with Gasteiger partial charge in [-0.3, -0.25) is 18.6 Å². The quantitative estimate of drug-likeness (QED) is 0.0200. The van der Waals surface area contributed by atoms with E-state index in [1.54, 1.807) is 0 Å². The first-order valence-electron chi connectivity index (χ1n) is 25.0. The normalized spacial score (nSPS) is 14.2. The van der Waals surface area contributed by atoms with Crippen LogP contribution in [0.15, 0.2) is 72.9 Å². The molecular formula is C52H90NO10P. The van der Waals surface area contributed by atoms with Gasteiger partial charge >= 0.3 is 19.8 Å². The molecule has 4 N–H and O–H groups in total. The summed E-state index contributed by atoms with van der Waals surface area (Å²) in [6.45, 7) is 2.50. The number of allylic oxidation sites excluding steroid dienone is 12. The predicted octanol–water partition coefficient (Wildman–Crippen LogP) is 13.7. The number of aliphatic hydroxyl groups excluding tert-OH is 1. The molecule has 0 aromatic carbocycles. The van der Waals surface area contributed by atoms with Crippen molar-refractivity contribution in [2.75, 3.05) is 19.8 Å². The molecule has 0 saturated carbocycles. The molecule has 1 amide bonds. The molecule has 64 heavy (non-hydrogen) atoms. The van der Waals surface area contributed by atoms with E-state index in [4.69, 9.17) is 13.8 Å². The summed E-state index contributed by atoms with van der Waals surface area (Å²) in [5, 5.41) is 21.9. The number of nitrogens with one attached hydrogen (secondary N) is 1. The number of phosphoric acid groups is 1. The molecule has 0 fully saturated rings. The lowest BCUT2D eigenvalue weighted by Crippen LogP contribution is -2.43. The smallest absolute Gasteiger partial charge is 0.472 e. The van der Waals surface area contributed by atoms with Gasteiger partial charge in [0.05, 0.1) is 13.2 Å². The van der Waals surface area contributed by atoms with E-state index < -0.39 is 57.6 Å². The van der Waals surface area contributed by atoms with Crippen LogP contribution < -0.4 is 5.32 Å². The zero-order valence-electron chi connectivity index (χ0n) is 40.1. The van der Waals surface area contributed by atoms with Gasteiger partial charge in [0, 0.05) is 12.8 Å². The summed E-state index contributed by atoms with van der Waals surface area (Å²) in [5.41, 5.74) is 0. The number of hydrogen-bond donors (Lipinski definition) is 4. The average Bonchev–Trinajstić information content (AvgIpc) is 3.27. The van der Waals surface area contributed by atoms with Crippen LogP contribution in [0.3, 0.4) is 0 Å². The minimum Gasteiger partial charge on any atom is -0.480 e. The second-order valence-electron chi connectivity index (χ2n) is 16.6. The van der Waals surface area contributed by atoms with Gasteiger partial charge in [-0.2, -0.15) is 0 Å². The number of carbonyl (C=O) groups excluding carboxylic acids is 2. The summed E-state index contributed by atoms with van der Waals surface area (Å²) in [6.07, 6.45) is 56.4. The van der Waals surface area contributed by atoms with Crippen molar-refractivity contribution in [1.29, 1.82) is 0 Å². The number of carbonyl (C=O) groups is 3. The van der Waals surface area contributed by atoms with Crippen LogP contribution in [0.1, 0.15) is 206 Å². The Morgan fingerprint density at radius 3 is 1.31 bits per heavy atom. The molecule has 0 aromatic heterocycles. The first-order valence-corrected chi connectivity index (χ1v) is 26.5. The van der Waals surface area contributed by atoms with E-state index in [0.29, 0.717) is 19.3 Å². The first-order chi connectivity index (χ1) is 31.1. The third-order valence-corrected chi connectivity index (χ3v) is 11.4. The number of carboxylic acid groups (broad SMARTS) is 1. The Kier molecular flexibility index (Phi) is 44.2. The van der Waals surface area contributed by atoms with E-state index in [2.05, 4.69) is 79.9 Å². The van der Waals surface area contributed by atoms with Crippen LogP contribution in [0, 0.1) is 0 Å². The molecule has 0 bridgehead atoms. The minimum absolute atomic E-state index is 0.138. The number of unbranched alkanes of at least 4 members (excludes halogenated alkanes) is 20. The van der Waals surface area contributed by atoms with Crippen molar-refractivity contribution < 1.29 is 47.8 Å². The Balaban J connectivity index is 3.90. The highest BCUT2D eigenvalue weighted by atomic mass is 31.2. The predicted molar refractivity (Wildman–Crippen MR) is 263 cm³/mol. The zero-order chi connectivity index (χ0) is 47.0. The lowest BCUT2D eigenvalue weighted by Gasteiger charge is -2.18. The van der Waals surface area contributed by atoms with Gasteiger partial charge in [0.2, 0.25) is 5.91 Å². The van der Waals surface area contributed by atoms with Gasteiger partial charge in [-0.1, -0.05) is 183 Å². The van der Waals surface area contributed by atoms with Crippen LogP contribution in [0.25, 0.3) is 0 Å². The molecule has 3 atom stereocenters. The fourth-order valence-electron chi connectivity index (χ4n) is 6.57. The Morgan fingerprint density at radius 1 is 0.500 bits per heavy atom. The number of hydrogen-bond acceptors (Lipinski definition) is 8. The van der Waals surface area contributed by atoms with Crippen LogP contribution in [0.4, 0.5) is 0 Å². The monoisotopic (exact) mass is 920 g/mol. The van der Waals surface area contributed by atoms with Crippen molar-refractivity contribution in [1.82, 2.24) is 5.32 Å². The molecule has 11 nitrogen and oxygen atoms in total. The van der Waals surface area contributed by atoms with Crippen LogP contribution in [-0.4, -0.2) is 64.9 Å². The third-order valence-electron chi connectivity index (χ3n) is 10.5. The number of aliphatic hydroxyl groups is 1. The molecule has 12 heteroatoms. The third kappa shape index (κ3) is 45.5. The van der Waals surface area contributed by atoms with Crippen molar-refractivity contribution in [2.24, 2.45) is 0 Å². The van der Waals surface area contributed by atoms with Gasteiger partial charge in [0.15, 0.2) is 6.04 Å². The highest BCUT2D eigenvalue weighted by Gasteiger charge is 2.28. The fourth-order valence-corrected chi connectivity index (χ4v) is 7.35. The van der Waals surface area contributed by atoms with Crippen LogP contribution in [-0.2, 0) is 32.7 Å². The summed E-state index contributed by atoms with van der Waals surface area (Å²) in [5.74, 6) is -2.44. The van der Waals surface area contributed by atoms with E-state index >= 15 is 0 Å². The molecule has 368 valence electrons. The molecule has 0 aromatic rings. The molecule has 0 radical (unpaired) electrons. The minimum atomic E-state index is -4.78. The molecule has 0 saturated heterocycles. The van der Waals surface area contributed by atoms with Crippen LogP contribution in [0.2, 0.25) is 0 Å². The molecule has 0 aliphatic rings. The number of esters is 1. The maximum atomic E-state index is 12.4. The zero-order valence-corrected chi connectivity index (χ0v) is 41.0. The lowest BCUT2D eigenvalue weighted by atomic mass is 10.0. The van der Waals surface area contributed by atoms with Crippen LogP contribution in [0.5, 0.6) is 0 Å². The standard InChI is InChI=1S/C52H90NO10P/c1-3-5-7-9-11-13-15-17-19-21-22-23-24-25-26-28-29-31-33-35-37-39-41-43-50(55)53-49(52(57)58)47-63-64(59,60)62-46-48(54)45-61-51(56)44-42-40-38-36-34-32-30-27-20-18-16-14-12-10-8-6-4-2/h11-14,17-20,30,32,36,38,48-49,54H,3-10,15-16,21-29,31,33-35,37,39-47H2,1-2H3,(H,53,55)(H,57,58)(H,59,60)/b13-11-,14-12-,19-17-,20-18-,32-30-,38-36-. The SMILES string of the molecule is CCCCC/C=C\C/C=C\C/C=C\C/C=C\CCCC(=O)OCC(O)COP(=O)(O)OCC(NC(=O)CCCCCCCCCCCCCCC/C=C\C/C=C\CCCCC)C(=O)O. The Hall–Kier alpha value is -3.08. The number of phosphoric ester groups is 1. The topological polar surface area (TPSA) is 169 Å². The van der Waals surface area contributed by atoms with Gasteiger partial charge in [0.25, 0.3) is 0 Å². The molecule has 0 rings (SSSR count). The maximum Gasteiger partial charge on any atom is 0.472 e. The largest absolute Gasteiger partial charge is 0.480 e. The first kappa shape index (κ1) is 60.9. The van der Waals surface area contributed by atoms with E-state index in [9.17, 15) is 34.1 Å². The number of carboxylic acids is 1. The van der Waals surface area contributed by atoms with Gasteiger partial charge < -0.3 is 25.2 Å². The second-order valence-corrected chi connectivity index (χ2v) is 18.1. The Bertz CT molecular complexity index is 1360. The lowest BCUT2D eigenvalue weighted by molar-refractivity contribution is -0.147. The second kappa shape index (κ2) is 46.4. The van der Waals surface area contributed by atoms with Crippen molar-refractivity contribution in [3.8, 4) is 0 Å². The Labute approximate surface area is 389 Å². The summed E-state index contributed by atoms with van der Waals surface area (Å²) >= 11 is 0. The highest BCUT2D eigenvalue weighted by molar-refractivity contribution is 7.47. The highest BCUT2D eigenvalue weighted by Crippen LogP contribution is 2.43. The van der Waals surface area contributed by atoms with Crippen molar-refractivity contribution in [3.63, 3.8) is 0 Å².